The third kappa shape index (κ3) is 4.59. The van der Waals surface area contributed by atoms with E-state index in [0.29, 0.717) is 0 Å². The molecule has 0 N–H and O–H groups in total. The van der Waals surface area contributed by atoms with Crippen molar-refractivity contribution in [3.63, 3.8) is 0 Å². The Hall–Kier alpha value is -0.130. The number of rotatable bonds is 3. The van der Waals surface area contributed by atoms with Gasteiger partial charge in [-0.15, -0.1) is 0 Å². The number of ether oxygens (including phenoxy) is 1. The van der Waals surface area contributed by atoms with Crippen molar-refractivity contribution < 1.29 is 17.3 Å². The van der Waals surface area contributed by atoms with Crippen LogP contribution in [0.1, 0.15) is 26.2 Å². The summed E-state index contributed by atoms with van der Waals surface area (Å²) < 4.78 is 31.5. The third-order valence-electron chi connectivity index (χ3n) is 2.03. The Labute approximate surface area is 79.3 Å². The van der Waals surface area contributed by atoms with Gasteiger partial charge in [-0.25, -0.2) is 0 Å². The van der Waals surface area contributed by atoms with Crippen LogP contribution in [0.15, 0.2) is 0 Å². The molecule has 1 heterocycles. The molecule has 0 amide bonds. The first-order valence-corrected chi connectivity index (χ1v) is 6.29. The summed E-state index contributed by atoms with van der Waals surface area (Å²) in [6, 6.07) is 0. The predicted octanol–water partition coefficient (Wildman–Crippen LogP) is 0.920. The van der Waals surface area contributed by atoms with E-state index in [4.69, 9.17) is 4.74 Å². The summed E-state index contributed by atoms with van der Waals surface area (Å²) in [5.41, 5.74) is 0. The van der Waals surface area contributed by atoms with Crippen molar-refractivity contribution in [3.8, 4) is 0 Å². The molecule has 13 heavy (non-hydrogen) atoms. The van der Waals surface area contributed by atoms with E-state index in [9.17, 15) is 8.42 Å². The zero-order chi connectivity index (χ0) is 9.90. The Bertz CT molecular complexity index is 247. The Balaban J connectivity index is 2.29. The first kappa shape index (κ1) is 10.9. The van der Waals surface area contributed by atoms with Crippen LogP contribution in [0.25, 0.3) is 0 Å². The van der Waals surface area contributed by atoms with Crippen molar-refractivity contribution in [2.45, 2.75) is 38.4 Å². The number of hydrogen-bond acceptors (Lipinski definition) is 4. The summed E-state index contributed by atoms with van der Waals surface area (Å²) >= 11 is 0. The first-order valence-electron chi connectivity index (χ1n) is 4.47. The predicted molar refractivity (Wildman–Crippen MR) is 49.0 cm³/mol. The van der Waals surface area contributed by atoms with Crippen LogP contribution in [-0.4, -0.2) is 33.5 Å². The third-order valence-corrected chi connectivity index (χ3v) is 2.59. The Morgan fingerprint density at radius 1 is 1.46 bits per heavy atom. The molecule has 0 bridgehead atoms. The maximum atomic E-state index is 10.7. The van der Waals surface area contributed by atoms with Gasteiger partial charge in [0, 0.05) is 0 Å². The van der Waals surface area contributed by atoms with Crippen molar-refractivity contribution >= 4 is 10.1 Å². The van der Waals surface area contributed by atoms with E-state index in [1.165, 1.54) is 0 Å². The number of hydrogen-bond donors (Lipinski definition) is 0. The van der Waals surface area contributed by atoms with Crippen molar-refractivity contribution in [2.75, 3.05) is 12.9 Å². The van der Waals surface area contributed by atoms with Gasteiger partial charge in [0.1, 0.15) is 0 Å². The van der Waals surface area contributed by atoms with Gasteiger partial charge in [-0.2, -0.15) is 8.42 Å². The summed E-state index contributed by atoms with van der Waals surface area (Å²) in [5.74, 6) is 0. The average Bonchev–Trinajstić information content (AvgIpc) is 2.00. The van der Waals surface area contributed by atoms with E-state index < -0.39 is 10.1 Å². The second-order valence-corrected chi connectivity index (χ2v) is 5.13. The van der Waals surface area contributed by atoms with Crippen LogP contribution in [0.5, 0.6) is 0 Å². The molecule has 2 atom stereocenters. The van der Waals surface area contributed by atoms with Crippen molar-refractivity contribution in [2.24, 2.45) is 0 Å². The fourth-order valence-electron chi connectivity index (χ4n) is 1.42. The van der Waals surface area contributed by atoms with E-state index in [2.05, 4.69) is 4.18 Å². The minimum absolute atomic E-state index is 0.0570. The summed E-state index contributed by atoms with van der Waals surface area (Å²) in [5, 5.41) is 0. The highest BCUT2D eigenvalue weighted by molar-refractivity contribution is 7.85. The SMILES string of the molecule is CC1CCCC(COS(C)(=O)=O)O1. The molecule has 0 radical (unpaired) electrons. The van der Waals surface area contributed by atoms with E-state index in [1.807, 2.05) is 6.92 Å². The maximum Gasteiger partial charge on any atom is 0.264 e. The molecule has 1 fully saturated rings. The molecule has 0 aromatic heterocycles. The van der Waals surface area contributed by atoms with Crippen LogP contribution in [0.4, 0.5) is 0 Å². The molecule has 2 unspecified atom stereocenters. The van der Waals surface area contributed by atoms with Crippen LogP contribution in [-0.2, 0) is 19.0 Å². The van der Waals surface area contributed by atoms with Crippen molar-refractivity contribution in [3.05, 3.63) is 0 Å². The van der Waals surface area contributed by atoms with Crippen LogP contribution in [0, 0.1) is 0 Å². The lowest BCUT2D eigenvalue weighted by Gasteiger charge is -2.27. The van der Waals surface area contributed by atoms with Crippen LogP contribution in [0.2, 0.25) is 0 Å². The van der Waals surface area contributed by atoms with E-state index in [1.54, 1.807) is 0 Å². The Morgan fingerprint density at radius 3 is 2.69 bits per heavy atom. The molecular weight excluding hydrogens is 192 g/mol. The molecule has 0 aromatic rings. The monoisotopic (exact) mass is 208 g/mol. The summed E-state index contributed by atoms with van der Waals surface area (Å²) in [4.78, 5) is 0. The molecule has 1 aliphatic heterocycles. The maximum absolute atomic E-state index is 10.7. The van der Waals surface area contributed by atoms with Gasteiger partial charge in [0.05, 0.1) is 25.1 Å². The highest BCUT2D eigenvalue weighted by atomic mass is 32.2. The van der Waals surface area contributed by atoms with Crippen LogP contribution < -0.4 is 0 Å². The average molecular weight is 208 g/mol. The van der Waals surface area contributed by atoms with Gasteiger partial charge < -0.3 is 4.74 Å². The molecular formula is C8H16O4S. The van der Waals surface area contributed by atoms with Gasteiger partial charge in [0.2, 0.25) is 0 Å². The fourth-order valence-corrected chi connectivity index (χ4v) is 1.82. The lowest BCUT2D eigenvalue weighted by Crippen LogP contribution is -2.30. The van der Waals surface area contributed by atoms with E-state index in [0.717, 1.165) is 25.5 Å². The minimum atomic E-state index is -3.32. The zero-order valence-electron chi connectivity index (χ0n) is 8.02. The summed E-state index contributed by atoms with van der Waals surface area (Å²) in [6.07, 6.45) is 4.24. The van der Waals surface area contributed by atoms with Gasteiger partial charge in [-0.1, -0.05) is 0 Å². The smallest absolute Gasteiger partial charge is 0.264 e. The van der Waals surface area contributed by atoms with Gasteiger partial charge in [0.25, 0.3) is 10.1 Å². The normalized spacial score (nSPS) is 30.3. The quantitative estimate of drug-likeness (QED) is 0.647. The van der Waals surface area contributed by atoms with Gasteiger partial charge >= 0.3 is 0 Å². The molecule has 0 saturated carbocycles. The van der Waals surface area contributed by atoms with Crippen molar-refractivity contribution in [1.82, 2.24) is 0 Å². The molecule has 4 nitrogen and oxygen atoms in total. The summed E-state index contributed by atoms with van der Waals surface area (Å²) in [7, 11) is -3.32. The first-order chi connectivity index (χ1) is 5.97. The molecule has 78 valence electrons. The molecule has 0 aromatic carbocycles. The lowest BCUT2D eigenvalue weighted by atomic mass is 10.1. The van der Waals surface area contributed by atoms with Gasteiger partial charge in [-0.3, -0.25) is 4.18 Å². The Morgan fingerprint density at radius 2 is 2.15 bits per heavy atom. The van der Waals surface area contributed by atoms with E-state index >= 15 is 0 Å². The molecule has 1 aliphatic rings. The standard InChI is InChI=1S/C8H16O4S/c1-7-4-3-5-8(12-7)6-11-13(2,9)10/h7-8H,3-6H2,1-2H3. The minimum Gasteiger partial charge on any atom is -0.373 e. The zero-order valence-corrected chi connectivity index (χ0v) is 8.84. The molecule has 1 rings (SSSR count). The Kier molecular flexibility index (Phi) is 3.70. The molecule has 0 aliphatic carbocycles. The van der Waals surface area contributed by atoms with Crippen LogP contribution >= 0.6 is 0 Å². The molecule has 5 heteroatoms. The molecule has 1 saturated heterocycles. The highest BCUT2D eigenvalue weighted by Crippen LogP contribution is 2.18. The van der Waals surface area contributed by atoms with Gasteiger partial charge in [-0.05, 0) is 26.2 Å². The summed E-state index contributed by atoms with van der Waals surface area (Å²) in [6.45, 7) is 2.15. The highest BCUT2D eigenvalue weighted by Gasteiger charge is 2.20. The largest absolute Gasteiger partial charge is 0.373 e. The van der Waals surface area contributed by atoms with Crippen LogP contribution in [0.3, 0.4) is 0 Å². The lowest BCUT2D eigenvalue weighted by molar-refractivity contribution is -0.0576. The van der Waals surface area contributed by atoms with Gasteiger partial charge in [0.15, 0.2) is 0 Å². The fraction of sp³-hybridized carbons (Fsp3) is 1.00. The van der Waals surface area contributed by atoms with E-state index in [-0.39, 0.29) is 18.8 Å². The van der Waals surface area contributed by atoms with Crippen molar-refractivity contribution in [1.29, 1.82) is 0 Å². The second kappa shape index (κ2) is 4.39. The second-order valence-electron chi connectivity index (χ2n) is 3.49. The molecule has 0 spiro atoms. The topological polar surface area (TPSA) is 52.6 Å².